The molecular weight excluding hydrogens is 479 g/mol. The van der Waals surface area contributed by atoms with Crippen LogP contribution in [0, 0.1) is 0 Å². The zero-order valence-corrected chi connectivity index (χ0v) is 20.8. The van der Waals surface area contributed by atoms with Gasteiger partial charge in [-0.15, -0.1) is 0 Å². The quantitative estimate of drug-likeness (QED) is 0.164. The fourth-order valence-electron chi connectivity index (χ4n) is 3.21. The summed E-state index contributed by atoms with van der Waals surface area (Å²) in [7, 11) is -3.77. The molecule has 0 aromatic rings. The first-order valence-corrected chi connectivity index (χ1v) is 12.3. The van der Waals surface area contributed by atoms with Gasteiger partial charge in [0, 0.05) is 20.8 Å². The van der Waals surface area contributed by atoms with E-state index in [2.05, 4.69) is 4.74 Å². The van der Waals surface area contributed by atoms with E-state index in [-0.39, 0.29) is 6.61 Å². The maximum Gasteiger partial charge on any atom is 0.474 e. The second-order valence-corrected chi connectivity index (χ2v) is 8.90. The van der Waals surface area contributed by atoms with Crippen LogP contribution in [0.1, 0.15) is 59.8 Å². The molecule has 0 spiro atoms. The summed E-state index contributed by atoms with van der Waals surface area (Å²) < 4.78 is 47.9. The second kappa shape index (κ2) is 14.4. The topological polar surface area (TPSA) is 170 Å². The molecule has 1 aliphatic rings. The minimum atomic E-state index is -4.79. The SMILES string of the molecule is CCCCCCCOP(=O)(O)O[C@@H]1O[C@H](C(=O)OC)[C@@H](OC(C)=O)[C@H](OC(C)=O)[C@H]1OC(C)=O. The van der Waals surface area contributed by atoms with E-state index < -0.39 is 62.4 Å². The Morgan fingerprint density at radius 2 is 1.38 bits per heavy atom. The first-order valence-electron chi connectivity index (χ1n) is 10.8. The van der Waals surface area contributed by atoms with Gasteiger partial charge in [-0.2, -0.15) is 0 Å². The lowest BCUT2D eigenvalue weighted by Crippen LogP contribution is -2.63. The second-order valence-electron chi connectivity index (χ2n) is 7.49. The van der Waals surface area contributed by atoms with Crippen LogP contribution in [0.3, 0.4) is 0 Å². The smallest absolute Gasteiger partial charge is 0.467 e. The van der Waals surface area contributed by atoms with E-state index in [1.807, 2.05) is 6.92 Å². The van der Waals surface area contributed by atoms with E-state index in [1.165, 1.54) is 0 Å². The van der Waals surface area contributed by atoms with Crippen molar-refractivity contribution >= 4 is 31.7 Å². The fraction of sp³-hybridized carbons (Fsp3) is 0.800. The molecule has 0 saturated carbocycles. The molecule has 1 rings (SSSR count). The molecule has 1 fully saturated rings. The van der Waals surface area contributed by atoms with Crippen LogP contribution in [0.4, 0.5) is 0 Å². The van der Waals surface area contributed by atoms with Gasteiger partial charge < -0.3 is 28.6 Å². The lowest BCUT2D eigenvalue weighted by molar-refractivity contribution is -0.285. The summed E-state index contributed by atoms with van der Waals surface area (Å²) in [5.41, 5.74) is 0. The van der Waals surface area contributed by atoms with Gasteiger partial charge in [-0.1, -0.05) is 32.6 Å². The highest BCUT2D eigenvalue weighted by Gasteiger charge is 2.56. The number of carbonyl (C=O) groups excluding carboxylic acids is 4. The molecule has 6 atom stereocenters. The summed E-state index contributed by atoms with van der Waals surface area (Å²) >= 11 is 0. The number of phosphoric acid groups is 1. The van der Waals surface area contributed by atoms with Gasteiger partial charge in [-0.25, -0.2) is 9.36 Å². The zero-order chi connectivity index (χ0) is 25.9. The maximum atomic E-state index is 12.5. The molecule has 0 aromatic carbocycles. The van der Waals surface area contributed by atoms with Crippen LogP contribution in [-0.4, -0.2) is 73.2 Å². The molecule has 196 valence electrons. The van der Waals surface area contributed by atoms with Crippen molar-refractivity contribution in [3.05, 3.63) is 0 Å². The minimum absolute atomic E-state index is 0.105. The third kappa shape index (κ3) is 10.1. The number of esters is 4. The van der Waals surface area contributed by atoms with Gasteiger partial charge in [-0.05, 0) is 6.42 Å². The van der Waals surface area contributed by atoms with Crippen molar-refractivity contribution in [3.63, 3.8) is 0 Å². The zero-order valence-electron chi connectivity index (χ0n) is 19.9. The van der Waals surface area contributed by atoms with Crippen molar-refractivity contribution in [1.82, 2.24) is 0 Å². The molecule has 0 aliphatic carbocycles. The Morgan fingerprint density at radius 3 is 1.91 bits per heavy atom. The van der Waals surface area contributed by atoms with Gasteiger partial charge in [-0.3, -0.25) is 23.4 Å². The van der Waals surface area contributed by atoms with Crippen LogP contribution in [0.2, 0.25) is 0 Å². The molecule has 1 heterocycles. The maximum absolute atomic E-state index is 12.5. The number of ether oxygens (including phenoxy) is 5. The Labute approximate surface area is 197 Å². The van der Waals surface area contributed by atoms with E-state index in [0.29, 0.717) is 6.42 Å². The van der Waals surface area contributed by atoms with Crippen LogP contribution in [0.15, 0.2) is 0 Å². The van der Waals surface area contributed by atoms with Crippen molar-refractivity contribution in [2.24, 2.45) is 0 Å². The number of unbranched alkanes of at least 4 members (excludes halogenated alkanes) is 4. The molecule has 1 aliphatic heterocycles. The molecule has 0 bridgehead atoms. The standard InChI is InChI=1S/C20H33O13P/c1-6-7-8-9-10-11-28-34(25,26)33-20-18(31-14(4)23)16(30-13(3)22)15(29-12(2)21)17(32-20)19(24)27-5/h15-18,20H,6-11H2,1-5H3,(H,25,26)/t15-,16-,17-,18+,20-/m0/s1. The third-order valence-corrected chi connectivity index (χ3v) is 5.56. The summed E-state index contributed by atoms with van der Waals surface area (Å²) in [5, 5.41) is 0. The highest BCUT2D eigenvalue weighted by atomic mass is 31.2. The predicted molar refractivity (Wildman–Crippen MR) is 113 cm³/mol. The highest BCUT2D eigenvalue weighted by Crippen LogP contribution is 2.47. The number of rotatable bonds is 13. The molecule has 13 nitrogen and oxygen atoms in total. The summed E-state index contributed by atoms with van der Waals surface area (Å²) in [6.07, 6.45) is -4.38. The van der Waals surface area contributed by atoms with Gasteiger partial charge in [0.2, 0.25) is 6.29 Å². The van der Waals surface area contributed by atoms with Crippen LogP contribution >= 0.6 is 7.82 Å². The highest BCUT2D eigenvalue weighted by molar-refractivity contribution is 7.47. The number of carbonyl (C=O) groups is 4. The van der Waals surface area contributed by atoms with E-state index in [0.717, 1.165) is 53.6 Å². The molecule has 1 saturated heterocycles. The Morgan fingerprint density at radius 1 is 0.853 bits per heavy atom. The van der Waals surface area contributed by atoms with Gasteiger partial charge in [0.05, 0.1) is 13.7 Å². The van der Waals surface area contributed by atoms with Crippen molar-refractivity contribution in [2.45, 2.75) is 90.5 Å². The number of hydrogen-bond acceptors (Lipinski definition) is 12. The van der Waals surface area contributed by atoms with Crippen LogP contribution in [0.5, 0.6) is 0 Å². The Balaban J connectivity index is 3.18. The van der Waals surface area contributed by atoms with Crippen LogP contribution in [0.25, 0.3) is 0 Å². The monoisotopic (exact) mass is 512 g/mol. The summed E-state index contributed by atoms with van der Waals surface area (Å²) in [6, 6.07) is 0. The Bertz CT molecular complexity index is 755. The molecule has 1 N–H and O–H groups in total. The molecule has 34 heavy (non-hydrogen) atoms. The van der Waals surface area contributed by atoms with Crippen molar-refractivity contribution < 1.29 is 61.4 Å². The molecule has 0 amide bonds. The Hall–Kier alpha value is -2.05. The van der Waals surface area contributed by atoms with E-state index in [4.69, 9.17) is 28.0 Å². The molecule has 1 unspecified atom stereocenters. The van der Waals surface area contributed by atoms with Crippen LogP contribution < -0.4 is 0 Å². The molecule has 14 heteroatoms. The van der Waals surface area contributed by atoms with Crippen molar-refractivity contribution in [2.75, 3.05) is 13.7 Å². The number of methoxy groups -OCH3 is 1. The molecular formula is C20H33O13P. The summed E-state index contributed by atoms with van der Waals surface area (Å²) in [6.45, 7) is 5.00. The average Bonchev–Trinajstić information content (AvgIpc) is 2.72. The molecule has 0 aromatic heterocycles. The van der Waals surface area contributed by atoms with Gasteiger partial charge in [0.15, 0.2) is 24.4 Å². The first kappa shape index (κ1) is 30.0. The largest absolute Gasteiger partial charge is 0.474 e. The minimum Gasteiger partial charge on any atom is -0.467 e. The van der Waals surface area contributed by atoms with Gasteiger partial charge >= 0.3 is 31.7 Å². The van der Waals surface area contributed by atoms with E-state index in [9.17, 15) is 28.6 Å². The lowest BCUT2D eigenvalue weighted by Gasteiger charge is -2.43. The Kier molecular flexibility index (Phi) is 12.7. The van der Waals surface area contributed by atoms with E-state index >= 15 is 0 Å². The third-order valence-electron chi connectivity index (χ3n) is 4.57. The molecule has 0 radical (unpaired) electrons. The van der Waals surface area contributed by atoms with Gasteiger partial charge in [0.1, 0.15) is 0 Å². The number of phosphoric ester groups is 1. The van der Waals surface area contributed by atoms with Crippen molar-refractivity contribution in [1.29, 1.82) is 0 Å². The lowest BCUT2D eigenvalue weighted by atomic mass is 9.98. The number of hydrogen-bond donors (Lipinski definition) is 1. The predicted octanol–water partition coefficient (Wildman–Crippen LogP) is 1.78. The van der Waals surface area contributed by atoms with Gasteiger partial charge in [0.25, 0.3) is 0 Å². The first-order chi connectivity index (χ1) is 15.9. The van der Waals surface area contributed by atoms with Crippen molar-refractivity contribution in [3.8, 4) is 0 Å². The summed E-state index contributed by atoms with van der Waals surface area (Å²) in [5.74, 6) is -3.73. The fourth-order valence-corrected chi connectivity index (χ4v) is 4.06. The average molecular weight is 512 g/mol. The van der Waals surface area contributed by atoms with E-state index in [1.54, 1.807) is 0 Å². The normalized spacial score (nSPS) is 26.1. The summed E-state index contributed by atoms with van der Waals surface area (Å²) in [4.78, 5) is 57.6. The van der Waals surface area contributed by atoms with Crippen LogP contribution in [-0.2, 0) is 56.5 Å².